The fraction of sp³-hybridized carbons (Fsp3) is 0.846. The van der Waals surface area contributed by atoms with Crippen LogP contribution in [0.5, 0.6) is 0 Å². The van der Waals surface area contributed by atoms with E-state index in [2.05, 4.69) is 39.8 Å². The standard InChI is InChI=1S/C13H26O2Si/c1-8-11(2)12(14)9-10-15-16(6,7)13(3,4)5/h1,11-12,14H,9-10H2,2-7H3/t11-,12+/m0/s1. The molecule has 94 valence electrons. The number of hydrogen-bond acceptors (Lipinski definition) is 2. The molecule has 0 aliphatic heterocycles. The Balaban J connectivity index is 4.05. The van der Waals surface area contributed by atoms with E-state index >= 15 is 0 Å². The van der Waals surface area contributed by atoms with Crippen molar-refractivity contribution >= 4 is 8.32 Å². The smallest absolute Gasteiger partial charge is 0.191 e. The molecule has 0 radical (unpaired) electrons. The lowest BCUT2D eigenvalue weighted by atomic mass is 10.0. The van der Waals surface area contributed by atoms with Crippen LogP contribution in [0.3, 0.4) is 0 Å². The molecule has 0 spiro atoms. The maximum absolute atomic E-state index is 9.71. The van der Waals surface area contributed by atoms with Crippen molar-refractivity contribution in [2.45, 2.75) is 58.4 Å². The minimum absolute atomic E-state index is 0.0944. The van der Waals surface area contributed by atoms with E-state index in [-0.39, 0.29) is 11.0 Å². The maximum Gasteiger partial charge on any atom is 0.191 e. The molecule has 0 heterocycles. The van der Waals surface area contributed by atoms with Gasteiger partial charge in [0.15, 0.2) is 8.32 Å². The van der Waals surface area contributed by atoms with Gasteiger partial charge in [-0.05, 0) is 31.5 Å². The molecule has 0 aromatic carbocycles. The van der Waals surface area contributed by atoms with Crippen LogP contribution in [0, 0.1) is 18.3 Å². The first-order valence-corrected chi connectivity index (χ1v) is 8.81. The average molecular weight is 242 g/mol. The van der Waals surface area contributed by atoms with E-state index in [9.17, 15) is 5.11 Å². The second-order valence-electron chi connectivity index (χ2n) is 5.92. The van der Waals surface area contributed by atoms with Gasteiger partial charge in [0, 0.05) is 12.5 Å². The third-order valence-electron chi connectivity index (χ3n) is 3.52. The van der Waals surface area contributed by atoms with Crippen LogP contribution in [-0.4, -0.2) is 26.1 Å². The summed E-state index contributed by atoms with van der Waals surface area (Å²) in [5.74, 6) is 2.45. The van der Waals surface area contributed by atoms with E-state index in [0.717, 1.165) is 0 Å². The summed E-state index contributed by atoms with van der Waals surface area (Å²) in [4.78, 5) is 0. The van der Waals surface area contributed by atoms with Gasteiger partial charge in [0.25, 0.3) is 0 Å². The molecule has 0 bridgehead atoms. The maximum atomic E-state index is 9.71. The first-order valence-electron chi connectivity index (χ1n) is 5.90. The number of rotatable bonds is 5. The molecule has 0 unspecified atom stereocenters. The van der Waals surface area contributed by atoms with Crippen LogP contribution in [0.15, 0.2) is 0 Å². The quantitative estimate of drug-likeness (QED) is 0.593. The molecule has 16 heavy (non-hydrogen) atoms. The number of terminal acetylenes is 1. The number of hydrogen-bond donors (Lipinski definition) is 1. The van der Waals surface area contributed by atoms with E-state index in [1.54, 1.807) is 0 Å². The molecule has 0 amide bonds. The van der Waals surface area contributed by atoms with E-state index < -0.39 is 14.4 Å². The average Bonchev–Trinajstić information content (AvgIpc) is 2.14. The Morgan fingerprint density at radius 3 is 2.25 bits per heavy atom. The summed E-state index contributed by atoms with van der Waals surface area (Å²) in [5.41, 5.74) is 0. The molecule has 0 saturated heterocycles. The van der Waals surface area contributed by atoms with E-state index in [1.807, 2.05) is 6.92 Å². The second-order valence-corrected chi connectivity index (χ2v) is 10.7. The Bertz CT molecular complexity index is 248. The summed E-state index contributed by atoms with van der Waals surface area (Å²) in [6.07, 6.45) is 5.43. The molecule has 3 heteroatoms. The van der Waals surface area contributed by atoms with Crippen molar-refractivity contribution in [2.75, 3.05) is 6.61 Å². The Labute approximate surface area is 102 Å². The van der Waals surface area contributed by atoms with Gasteiger partial charge in [0.1, 0.15) is 0 Å². The van der Waals surface area contributed by atoms with Gasteiger partial charge in [-0.15, -0.1) is 12.3 Å². The minimum atomic E-state index is -1.68. The van der Waals surface area contributed by atoms with Gasteiger partial charge in [0.05, 0.1) is 6.10 Å². The van der Waals surface area contributed by atoms with Crippen molar-refractivity contribution in [2.24, 2.45) is 5.92 Å². The fourth-order valence-electron chi connectivity index (χ4n) is 1.01. The normalized spacial score (nSPS) is 16.6. The Morgan fingerprint density at radius 1 is 1.38 bits per heavy atom. The zero-order valence-corrected chi connectivity index (χ0v) is 12.5. The van der Waals surface area contributed by atoms with Crippen LogP contribution >= 0.6 is 0 Å². The summed E-state index contributed by atoms with van der Waals surface area (Å²) >= 11 is 0. The van der Waals surface area contributed by atoms with Crippen molar-refractivity contribution in [3.05, 3.63) is 0 Å². The minimum Gasteiger partial charge on any atom is -0.417 e. The molecular weight excluding hydrogens is 216 g/mol. The Kier molecular flexibility index (Phi) is 5.75. The first-order chi connectivity index (χ1) is 7.12. The highest BCUT2D eigenvalue weighted by Crippen LogP contribution is 2.36. The lowest BCUT2D eigenvalue weighted by Crippen LogP contribution is -2.41. The largest absolute Gasteiger partial charge is 0.417 e. The molecule has 0 fully saturated rings. The first kappa shape index (κ1) is 15.7. The topological polar surface area (TPSA) is 29.5 Å². The van der Waals surface area contributed by atoms with Gasteiger partial charge in [0.2, 0.25) is 0 Å². The predicted molar refractivity (Wildman–Crippen MR) is 71.8 cm³/mol. The third kappa shape index (κ3) is 4.69. The fourth-order valence-corrected chi connectivity index (χ4v) is 2.07. The van der Waals surface area contributed by atoms with Crippen molar-refractivity contribution in [1.82, 2.24) is 0 Å². The summed E-state index contributed by atoms with van der Waals surface area (Å²) in [7, 11) is -1.68. The zero-order valence-electron chi connectivity index (χ0n) is 11.5. The molecule has 2 atom stereocenters. The summed E-state index contributed by atoms with van der Waals surface area (Å²) in [6.45, 7) is 13.5. The monoisotopic (exact) mass is 242 g/mol. The van der Waals surface area contributed by atoms with Gasteiger partial charge in [-0.3, -0.25) is 0 Å². The summed E-state index contributed by atoms with van der Waals surface area (Å²) in [6, 6.07) is 0. The van der Waals surface area contributed by atoms with Gasteiger partial charge < -0.3 is 9.53 Å². The van der Waals surface area contributed by atoms with Gasteiger partial charge >= 0.3 is 0 Å². The molecule has 0 saturated carbocycles. The second kappa shape index (κ2) is 5.86. The van der Waals surface area contributed by atoms with Crippen LogP contribution in [0.2, 0.25) is 18.1 Å². The van der Waals surface area contributed by atoms with Crippen molar-refractivity contribution in [1.29, 1.82) is 0 Å². The molecule has 1 N–H and O–H groups in total. The van der Waals surface area contributed by atoms with Crippen molar-refractivity contribution < 1.29 is 9.53 Å². The van der Waals surface area contributed by atoms with Crippen molar-refractivity contribution in [3.8, 4) is 12.3 Å². The van der Waals surface area contributed by atoms with E-state index in [1.165, 1.54) is 0 Å². The van der Waals surface area contributed by atoms with Crippen LogP contribution in [0.25, 0.3) is 0 Å². The van der Waals surface area contributed by atoms with Gasteiger partial charge in [-0.25, -0.2) is 0 Å². The van der Waals surface area contributed by atoms with Gasteiger partial charge in [-0.2, -0.15) is 0 Å². The van der Waals surface area contributed by atoms with Crippen LogP contribution in [0.4, 0.5) is 0 Å². The van der Waals surface area contributed by atoms with E-state index in [0.29, 0.717) is 13.0 Å². The van der Waals surface area contributed by atoms with Gasteiger partial charge in [-0.1, -0.05) is 20.8 Å². The van der Waals surface area contributed by atoms with E-state index in [4.69, 9.17) is 10.8 Å². The van der Waals surface area contributed by atoms with Crippen molar-refractivity contribution in [3.63, 3.8) is 0 Å². The highest BCUT2D eigenvalue weighted by atomic mass is 28.4. The molecule has 2 nitrogen and oxygen atoms in total. The molecule has 0 rings (SSSR count). The highest BCUT2D eigenvalue weighted by molar-refractivity contribution is 6.74. The SMILES string of the molecule is C#C[C@H](C)[C@H](O)CCO[Si](C)(C)C(C)(C)C. The Morgan fingerprint density at radius 2 is 1.88 bits per heavy atom. The van der Waals surface area contributed by atoms with Crippen LogP contribution in [-0.2, 0) is 4.43 Å². The summed E-state index contributed by atoms with van der Waals surface area (Å²) in [5, 5.41) is 9.93. The lowest BCUT2D eigenvalue weighted by Gasteiger charge is -2.36. The molecule has 0 aromatic rings. The van der Waals surface area contributed by atoms with Crippen LogP contribution < -0.4 is 0 Å². The zero-order chi connectivity index (χ0) is 13.0. The molecule has 0 aliphatic rings. The highest BCUT2D eigenvalue weighted by Gasteiger charge is 2.37. The predicted octanol–water partition coefficient (Wildman–Crippen LogP) is 3.03. The number of aliphatic hydroxyl groups is 1. The molecule has 0 aliphatic carbocycles. The third-order valence-corrected chi connectivity index (χ3v) is 8.06. The summed E-state index contributed by atoms with van der Waals surface area (Å²) < 4.78 is 5.97. The van der Waals surface area contributed by atoms with Crippen LogP contribution in [0.1, 0.15) is 34.1 Å². The molecular formula is C13H26O2Si. The Hall–Kier alpha value is -0.303. The number of aliphatic hydroxyl groups excluding tert-OH is 1. The lowest BCUT2D eigenvalue weighted by molar-refractivity contribution is 0.108. The molecule has 0 aromatic heterocycles.